The zero-order valence-corrected chi connectivity index (χ0v) is 5.32. The van der Waals surface area contributed by atoms with Gasteiger partial charge in [-0.2, -0.15) is 26.3 Å². The van der Waals surface area contributed by atoms with Gasteiger partial charge in [0.2, 0.25) is 0 Å². The molecule has 12 heavy (non-hydrogen) atoms. The molecule has 0 aromatic rings. The standard InChI is InChI=1S/C4H4F6O2/c5-3(6,7)1(11)2(12)4(8,9)10/h1-2,11-12H. The second-order valence-electron chi connectivity index (χ2n) is 1.97. The normalized spacial score (nSPS) is 19.0. The number of aliphatic hydroxyl groups excluding tert-OH is 2. The maximum Gasteiger partial charge on any atom is 0.417 e. The van der Waals surface area contributed by atoms with Crippen molar-refractivity contribution < 1.29 is 36.6 Å². The predicted octanol–water partition coefficient (Wildman–Crippen LogP) is 0.833. The Morgan fingerprint density at radius 2 is 0.833 bits per heavy atom. The van der Waals surface area contributed by atoms with Crippen LogP contribution < -0.4 is 0 Å². The topological polar surface area (TPSA) is 40.5 Å². The molecule has 0 amide bonds. The molecule has 0 saturated carbocycles. The van der Waals surface area contributed by atoms with Crippen LogP contribution in [-0.4, -0.2) is 34.8 Å². The number of hydrogen-bond acceptors (Lipinski definition) is 2. The molecule has 0 aliphatic carbocycles. The average Bonchev–Trinajstić information content (AvgIpc) is 1.80. The second-order valence-corrected chi connectivity index (χ2v) is 1.97. The van der Waals surface area contributed by atoms with E-state index < -0.39 is 24.6 Å². The summed E-state index contributed by atoms with van der Waals surface area (Å²) in [5, 5.41) is 15.8. The van der Waals surface area contributed by atoms with Gasteiger partial charge in [0.1, 0.15) is 0 Å². The maximum atomic E-state index is 11.3. The van der Waals surface area contributed by atoms with Crippen molar-refractivity contribution in [3.63, 3.8) is 0 Å². The molecule has 0 heterocycles. The van der Waals surface area contributed by atoms with Crippen LogP contribution in [0.5, 0.6) is 0 Å². The number of aliphatic hydroxyl groups is 2. The van der Waals surface area contributed by atoms with Crippen molar-refractivity contribution in [3.8, 4) is 0 Å². The summed E-state index contributed by atoms with van der Waals surface area (Å²) in [7, 11) is 0. The van der Waals surface area contributed by atoms with Crippen molar-refractivity contribution in [2.45, 2.75) is 24.6 Å². The van der Waals surface area contributed by atoms with Crippen LogP contribution in [0.1, 0.15) is 0 Å². The Morgan fingerprint density at radius 1 is 0.667 bits per heavy atom. The molecule has 0 saturated heterocycles. The molecule has 0 aromatic heterocycles. The molecular weight excluding hydrogens is 194 g/mol. The summed E-state index contributed by atoms with van der Waals surface area (Å²) in [6.45, 7) is 0. The lowest BCUT2D eigenvalue weighted by Crippen LogP contribution is -2.47. The highest BCUT2D eigenvalue weighted by Gasteiger charge is 2.53. The first kappa shape index (κ1) is 11.5. The van der Waals surface area contributed by atoms with Gasteiger partial charge in [0.15, 0.2) is 12.2 Å². The van der Waals surface area contributed by atoms with Crippen molar-refractivity contribution in [2.24, 2.45) is 0 Å². The highest BCUT2D eigenvalue weighted by molar-refractivity contribution is 4.79. The Labute approximate surface area is 62.4 Å². The molecule has 8 heteroatoms. The first-order chi connectivity index (χ1) is 5.07. The summed E-state index contributed by atoms with van der Waals surface area (Å²) in [5.41, 5.74) is 0. The first-order valence-electron chi connectivity index (χ1n) is 2.56. The van der Waals surface area contributed by atoms with E-state index in [-0.39, 0.29) is 0 Å². The molecule has 2 unspecified atom stereocenters. The van der Waals surface area contributed by atoms with Gasteiger partial charge >= 0.3 is 12.4 Å². The van der Waals surface area contributed by atoms with Crippen LogP contribution in [0.3, 0.4) is 0 Å². The van der Waals surface area contributed by atoms with Gasteiger partial charge in [0.25, 0.3) is 0 Å². The zero-order valence-electron chi connectivity index (χ0n) is 5.32. The third-order valence-electron chi connectivity index (χ3n) is 0.970. The minimum atomic E-state index is -5.48. The number of halogens is 6. The first-order valence-corrected chi connectivity index (χ1v) is 2.56. The summed E-state index contributed by atoms with van der Waals surface area (Å²) in [4.78, 5) is 0. The van der Waals surface area contributed by atoms with Gasteiger partial charge in [-0.25, -0.2) is 0 Å². The third kappa shape index (κ3) is 2.86. The van der Waals surface area contributed by atoms with Gasteiger partial charge in [0.05, 0.1) is 0 Å². The molecule has 0 spiro atoms. The average molecular weight is 198 g/mol. The third-order valence-corrected chi connectivity index (χ3v) is 0.970. The summed E-state index contributed by atoms with van der Waals surface area (Å²) in [6, 6.07) is 0. The predicted molar refractivity (Wildman–Crippen MR) is 24.1 cm³/mol. The maximum absolute atomic E-state index is 11.3. The monoisotopic (exact) mass is 198 g/mol. The molecule has 2 N–H and O–H groups in total. The van der Waals surface area contributed by atoms with Crippen LogP contribution >= 0.6 is 0 Å². The van der Waals surface area contributed by atoms with E-state index >= 15 is 0 Å². The van der Waals surface area contributed by atoms with Crippen molar-refractivity contribution in [3.05, 3.63) is 0 Å². The SMILES string of the molecule is OC(C(O)C(F)(F)F)C(F)(F)F. The molecule has 0 aromatic carbocycles. The lowest BCUT2D eigenvalue weighted by atomic mass is 10.2. The zero-order chi connectivity index (χ0) is 10.2. The van der Waals surface area contributed by atoms with E-state index in [4.69, 9.17) is 10.2 Å². The Morgan fingerprint density at radius 3 is 0.917 bits per heavy atom. The summed E-state index contributed by atoms with van der Waals surface area (Å²) >= 11 is 0. The van der Waals surface area contributed by atoms with E-state index in [1.54, 1.807) is 0 Å². The fourth-order valence-electron chi connectivity index (χ4n) is 0.358. The minimum Gasteiger partial charge on any atom is -0.381 e. The van der Waals surface area contributed by atoms with Gasteiger partial charge in [0, 0.05) is 0 Å². The minimum absolute atomic E-state index is 3.79. The molecule has 74 valence electrons. The Kier molecular flexibility index (Phi) is 2.97. The Bertz CT molecular complexity index is 131. The van der Waals surface area contributed by atoms with Crippen LogP contribution in [0.2, 0.25) is 0 Å². The fraction of sp³-hybridized carbons (Fsp3) is 1.00. The van der Waals surface area contributed by atoms with E-state index in [1.807, 2.05) is 0 Å². The van der Waals surface area contributed by atoms with Crippen LogP contribution in [0.4, 0.5) is 26.3 Å². The number of rotatable bonds is 1. The van der Waals surface area contributed by atoms with Crippen molar-refractivity contribution in [1.82, 2.24) is 0 Å². The summed E-state index contributed by atoms with van der Waals surface area (Å²) in [6.07, 6.45) is -18.5. The van der Waals surface area contributed by atoms with E-state index in [1.165, 1.54) is 0 Å². The van der Waals surface area contributed by atoms with Gasteiger partial charge < -0.3 is 10.2 Å². The van der Waals surface area contributed by atoms with Crippen LogP contribution in [0.25, 0.3) is 0 Å². The molecule has 0 bridgehead atoms. The smallest absolute Gasteiger partial charge is 0.381 e. The van der Waals surface area contributed by atoms with Crippen molar-refractivity contribution in [1.29, 1.82) is 0 Å². The van der Waals surface area contributed by atoms with Crippen LogP contribution in [-0.2, 0) is 0 Å². The largest absolute Gasteiger partial charge is 0.417 e. The summed E-state index contributed by atoms with van der Waals surface area (Å²) < 4.78 is 67.9. The molecular formula is C4H4F6O2. The highest BCUT2D eigenvalue weighted by atomic mass is 19.4. The van der Waals surface area contributed by atoms with Gasteiger partial charge in [-0.3, -0.25) is 0 Å². The van der Waals surface area contributed by atoms with Gasteiger partial charge in [-0.15, -0.1) is 0 Å². The molecule has 2 atom stereocenters. The molecule has 0 aliphatic heterocycles. The number of hydrogen-bond donors (Lipinski definition) is 2. The van der Waals surface area contributed by atoms with E-state index in [0.717, 1.165) is 0 Å². The van der Waals surface area contributed by atoms with Gasteiger partial charge in [-0.05, 0) is 0 Å². The van der Waals surface area contributed by atoms with Crippen LogP contribution in [0, 0.1) is 0 Å². The fourth-order valence-corrected chi connectivity index (χ4v) is 0.358. The number of alkyl halides is 6. The Balaban J connectivity index is 4.41. The van der Waals surface area contributed by atoms with Gasteiger partial charge in [-0.1, -0.05) is 0 Å². The molecule has 0 fully saturated rings. The van der Waals surface area contributed by atoms with E-state index in [2.05, 4.69) is 0 Å². The van der Waals surface area contributed by atoms with Crippen molar-refractivity contribution in [2.75, 3.05) is 0 Å². The van der Waals surface area contributed by atoms with E-state index in [0.29, 0.717) is 0 Å². The highest BCUT2D eigenvalue weighted by Crippen LogP contribution is 2.30. The molecule has 0 rings (SSSR count). The quantitative estimate of drug-likeness (QED) is 0.612. The lowest BCUT2D eigenvalue weighted by molar-refractivity contribution is -0.293. The second kappa shape index (κ2) is 3.09. The van der Waals surface area contributed by atoms with Crippen molar-refractivity contribution >= 4 is 0 Å². The summed E-state index contributed by atoms with van der Waals surface area (Å²) in [5.74, 6) is 0. The Hall–Kier alpha value is -0.500. The molecule has 0 radical (unpaired) electrons. The molecule has 0 aliphatic rings. The van der Waals surface area contributed by atoms with Crippen LogP contribution in [0.15, 0.2) is 0 Å². The van der Waals surface area contributed by atoms with E-state index in [9.17, 15) is 26.3 Å². The molecule has 2 nitrogen and oxygen atoms in total. The lowest BCUT2D eigenvalue weighted by Gasteiger charge is -2.21.